The number of carbonyl (C=O) groups excluding carboxylic acids is 1. The lowest BCUT2D eigenvalue weighted by Crippen LogP contribution is -2.32. The number of sulfonamides is 1. The Morgan fingerprint density at radius 1 is 1.36 bits per heavy atom. The molecule has 0 bridgehead atoms. The van der Waals surface area contributed by atoms with Gasteiger partial charge in [0.05, 0.1) is 10.5 Å². The van der Waals surface area contributed by atoms with Crippen LogP contribution in [0.3, 0.4) is 0 Å². The quantitative estimate of drug-likeness (QED) is 0.842. The van der Waals surface area contributed by atoms with Crippen molar-refractivity contribution >= 4 is 31.9 Å². The van der Waals surface area contributed by atoms with Crippen LogP contribution in [-0.2, 0) is 10.0 Å². The van der Waals surface area contributed by atoms with Crippen molar-refractivity contribution in [1.82, 2.24) is 9.62 Å². The zero-order valence-electron chi connectivity index (χ0n) is 12.8. The number of nitrogens with one attached hydrogen (secondary N) is 1. The van der Waals surface area contributed by atoms with Gasteiger partial charge in [0, 0.05) is 23.6 Å². The monoisotopic (exact) mass is 388 g/mol. The van der Waals surface area contributed by atoms with E-state index >= 15 is 0 Å². The molecular weight excluding hydrogens is 368 g/mol. The summed E-state index contributed by atoms with van der Waals surface area (Å²) in [4.78, 5) is 12.5. The molecule has 0 aliphatic carbocycles. The number of halogens is 1. The van der Waals surface area contributed by atoms with E-state index in [1.807, 2.05) is 13.8 Å². The SMILES string of the molecule is CC[C@@H](C)NC(=O)c1cc(S(=O)(=O)N2CCCC2)ccc1Br. The standard InChI is InChI=1S/C15H21BrN2O3S/c1-3-11(2)17-15(19)13-10-12(6-7-14(13)16)22(20,21)18-8-4-5-9-18/h6-7,10-11H,3-5,8-9H2,1-2H3,(H,17,19)/t11-/m1/s1. The number of carbonyl (C=O) groups is 1. The molecular formula is C15H21BrN2O3S. The predicted octanol–water partition coefficient (Wildman–Crippen LogP) is 2.76. The van der Waals surface area contributed by atoms with Crippen LogP contribution in [0.15, 0.2) is 27.6 Å². The fraction of sp³-hybridized carbons (Fsp3) is 0.533. The Bertz CT molecular complexity index is 655. The third-order valence-electron chi connectivity index (χ3n) is 3.88. The van der Waals surface area contributed by atoms with E-state index in [0.717, 1.165) is 19.3 Å². The molecule has 0 unspecified atom stereocenters. The highest BCUT2D eigenvalue weighted by Gasteiger charge is 2.28. The molecule has 22 heavy (non-hydrogen) atoms. The van der Waals surface area contributed by atoms with Gasteiger partial charge in [-0.2, -0.15) is 4.31 Å². The Hall–Kier alpha value is -0.920. The topological polar surface area (TPSA) is 66.5 Å². The predicted molar refractivity (Wildman–Crippen MR) is 89.4 cm³/mol. The molecule has 1 aromatic rings. The van der Waals surface area contributed by atoms with E-state index in [4.69, 9.17) is 0 Å². The summed E-state index contributed by atoms with van der Waals surface area (Å²) in [6, 6.07) is 4.65. The van der Waals surface area contributed by atoms with Crippen molar-refractivity contribution < 1.29 is 13.2 Å². The number of amides is 1. The molecule has 1 N–H and O–H groups in total. The molecule has 1 amide bonds. The number of rotatable bonds is 5. The molecule has 7 heteroatoms. The number of benzene rings is 1. The Balaban J connectivity index is 2.32. The van der Waals surface area contributed by atoms with Crippen molar-refractivity contribution in [2.24, 2.45) is 0 Å². The normalized spacial score (nSPS) is 17.4. The molecule has 0 saturated carbocycles. The van der Waals surface area contributed by atoms with E-state index in [9.17, 15) is 13.2 Å². The molecule has 122 valence electrons. The average Bonchev–Trinajstić information content (AvgIpc) is 3.02. The highest BCUT2D eigenvalue weighted by molar-refractivity contribution is 9.10. The van der Waals surface area contributed by atoms with Crippen LogP contribution < -0.4 is 5.32 Å². The molecule has 1 aliphatic rings. The Morgan fingerprint density at radius 2 is 2.00 bits per heavy atom. The van der Waals surface area contributed by atoms with Crippen molar-refractivity contribution in [3.8, 4) is 0 Å². The summed E-state index contributed by atoms with van der Waals surface area (Å²) in [7, 11) is -3.51. The molecule has 0 aromatic heterocycles. The molecule has 1 heterocycles. The second kappa shape index (κ2) is 7.10. The summed E-state index contributed by atoms with van der Waals surface area (Å²) >= 11 is 3.32. The van der Waals surface area contributed by atoms with E-state index < -0.39 is 10.0 Å². The summed E-state index contributed by atoms with van der Waals surface area (Å²) in [5.41, 5.74) is 0.348. The van der Waals surface area contributed by atoms with Crippen LogP contribution in [0.1, 0.15) is 43.5 Å². The number of hydrogen-bond donors (Lipinski definition) is 1. The van der Waals surface area contributed by atoms with Crippen LogP contribution >= 0.6 is 15.9 Å². The summed E-state index contributed by atoms with van der Waals surface area (Å²) in [5, 5.41) is 2.86. The van der Waals surface area contributed by atoms with Crippen molar-refractivity contribution in [2.45, 2.75) is 44.0 Å². The highest BCUT2D eigenvalue weighted by atomic mass is 79.9. The van der Waals surface area contributed by atoms with Crippen molar-refractivity contribution in [3.05, 3.63) is 28.2 Å². The first-order chi connectivity index (χ1) is 10.4. The maximum Gasteiger partial charge on any atom is 0.252 e. The fourth-order valence-electron chi connectivity index (χ4n) is 2.32. The van der Waals surface area contributed by atoms with Crippen LogP contribution in [0.4, 0.5) is 0 Å². The van der Waals surface area contributed by atoms with Gasteiger partial charge < -0.3 is 5.32 Å². The first kappa shape index (κ1) is 17.4. The molecule has 0 spiro atoms. The molecule has 1 atom stereocenters. The molecule has 0 radical (unpaired) electrons. The Labute approximate surface area is 140 Å². The number of nitrogens with zero attached hydrogens (tertiary/aromatic N) is 1. The van der Waals surface area contributed by atoms with Crippen molar-refractivity contribution in [1.29, 1.82) is 0 Å². The fourth-order valence-corrected chi connectivity index (χ4v) is 4.29. The second-order valence-electron chi connectivity index (χ2n) is 5.54. The number of hydrogen-bond acceptors (Lipinski definition) is 3. The third kappa shape index (κ3) is 3.70. The largest absolute Gasteiger partial charge is 0.350 e. The Morgan fingerprint density at radius 3 is 2.59 bits per heavy atom. The molecule has 1 saturated heterocycles. The van der Waals surface area contributed by atoms with E-state index in [-0.39, 0.29) is 16.8 Å². The van der Waals surface area contributed by atoms with Gasteiger partial charge in [-0.1, -0.05) is 6.92 Å². The second-order valence-corrected chi connectivity index (χ2v) is 8.33. The van der Waals surface area contributed by atoms with Gasteiger partial charge in [-0.05, 0) is 60.3 Å². The van der Waals surface area contributed by atoms with Crippen molar-refractivity contribution in [2.75, 3.05) is 13.1 Å². The van der Waals surface area contributed by atoms with Gasteiger partial charge in [-0.15, -0.1) is 0 Å². The van der Waals surface area contributed by atoms with Crippen LogP contribution in [0.2, 0.25) is 0 Å². The molecule has 1 fully saturated rings. The van der Waals surface area contributed by atoms with Crippen molar-refractivity contribution in [3.63, 3.8) is 0 Å². The van der Waals surface area contributed by atoms with Gasteiger partial charge in [0.25, 0.3) is 5.91 Å². The first-order valence-corrected chi connectivity index (χ1v) is 9.70. The summed E-state index contributed by atoms with van der Waals surface area (Å²) < 4.78 is 27.2. The smallest absolute Gasteiger partial charge is 0.252 e. The minimum absolute atomic E-state index is 0.0400. The molecule has 2 rings (SSSR count). The van der Waals surface area contributed by atoms with Gasteiger partial charge in [-0.3, -0.25) is 4.79 Å². The van der Waals surface area contributed by atoms with Gasteiger partial charge in [0.1, 0.15) is 0 Å². The average molecular weight is 389 g/mol. The lowest BCUT2D eigenvalue weighted by Gasteiger charge is -2.17. The summed E-state index contributed by atoms with van der Waals surface area (Å²) in [6.07, 6.45) is 2.59. The first-order valence-electron chi connectivity index (χ1n) is 7.47. The van der Waals surface area contributed by atoms with Crippen LogP contribution in [0.5, 0.6) is 0 Å². The lowest BCUT2D eigenvalue weighted by molar-refractivity contribution is 0.0938. The molecule has 1 aliphatic heterocycles. The van der Waals surface area contributed by atoms with Gasteiger partial charge in [0.2, 0.25) is 10.0 Å². The Kier molecular flexibility index (Phi) is 5.63. The van der Waals surface area contributed by atoms with E-state index in [2.05, 4.69) is 21.2 Å². The van der Waals surface area contributed by atoms with Gasteiger partial charge in [-0.25, -0.2) is 8.42 Å². The third-order valence-corrected chi connectivity index (χ3v) is 6.46. The summed E-state index contributed by atoms with van der Waals surface area (Å²) in [6.45, 7) is 4.99. The van der Waals surface area contributed by atoms with Gasteiger partial charge >= 0.3 is 0 Å². The minimum atomic E-state index is -3.51. The summed E-state index contributed by atoms with van der Waals surface area (Å²) in [5.74, 6) is -0.264. The van der Waals surface area contributed by atoms with Crippen LogP contribution in [0, 0.1) is 0 Å². The minimum Gasteiger partial charge on any atom is -0.350 e. The highest BCUT2D eigenvalue weighted by Crippen LogP contribution is 2.25. The van der Waals surface area contributed by atoms with E-state index in [1.54, 1.807) is 6.07 Å². The molecule has 5 nitrogen and oxygen atoms in total. The van der Waals surface area contributed by atoms with E-state index in [0.29, 0.717) is 23.1 Å². The van der Waals surface area contributed by atoms with Crippen LogP contribution in [0.25, 0.3) is 0 Å². The van der Waals surface area contributed by atoms with Crippen LogP contribution in [-0.4, -0.2) is 37.8 Å². The van der Waals surface area contributed by atoms with Gasteiger partial charge in [0.15, 0.2) is 0 Å². The zero-order chi connectivity index (χ0) is 16.3. The molecule has 1 aromatic carbocycles. The maximum atomic E-state index is 12.6. The van der Waals surface area contributed by atoms with E-state index in [1.165, 1.54) is 16.4 Å². The maximum absolute atomic E-state index is 12.6. The zero-order valence-corrected chi connectivity index (χ0v) is 15.2. The lowest BCUT2D eigenvalue weighted by atomic mass is 10.2.